The maximum Gasteiger partial charge on any atom is 0.325 e. The predicted molar refractivity (Wildman–Crippen MR) is 111 cm³/mol. The highest BCUT2D eigenvalue weighted by atomic mass is 16.5. The predicted octanol–water partition coefficient (Wildman–Crippen LogP) is 2.70. The summed E-state index contributed by atoms with van der Waals surface area (Å²) in [6.07, 6.45) is 8.26. The first kappa shape index (κ1) is 20.6. The lowest BCUT2D eigenvalue weighted by Gasteiger charge is -2.33. The molecule has 30 heavy (non-hydrogen) atoms. The van der Waals surface area contributed by atoms with Crippen molar-refractivity contribution in [3.05, 3.63) is 47.2 Å². The van der Waals surface area contributed by atoms with E-state index in [0.29, 0.717) is 19.6 Å². The van der Waals surface area contributed by atoms with E-state index >= 15 is 0 Å². The molecule has 7 heteroatoms. The third kappa shape index (κ3) is 3.62. The van der Waals surface area contributed by atoms with E-state index in [2.05, 4.69) is 11.4 Å². The number of carbonyl (C=O) groups is 3. The molecule has 1 aliphatic heterocycles. The van der Waals surface area contributed by atoms with Gasteiger partial charge in [0.1, 0.15) is 12.1 Å². The van der Waals surface area contributed by atoms with Crippen LogP contribution < -0.4 is 5.32 Å². The molecule has 1 heterocycles. The summed E-state index contributed by atoms with van der Waals surface area (Å²) >= 11 is 0. The lowest BCUT2D eigenvalue weighted by molar-refractivity contribution is -0.138. The number of imide groups is 1. The lowest BCUT2D eigenvalue weighted by atomic mass is 9.76. The maximum atomic E-state index is 13.4. The number of ether oxygens (including phenoxy) is 1. The topological polar surface area (TPSA) is 79.0 Å². The van der Waals surface area contributed by atoms with E-state index in [1.54, 1.807) is 12.0 Å². The van der Waals surface area contributed by atoms with Crippen molar-refractivity contribution in [3.63, 3.8) is 0 Å². The highest BCUT2D eigenvalue weighted by Gasteiger charge is 2.54. The quantitative estimate of drug-likeness (QED) is 0.730. The van der Waals surface area contributed by atoms with Crippen LogP contribution in [0, 0.1) is 0 Å². The Morgan fingerprint density at radius 1 is 1.20 bits per heavy atom. The lowest BCUT2D eigenvalue weighted by Crippen LogP contribution is -2.47. The Morgan fingerprint density at radius 2 is 2.03 bits per heavy atom. The van der Waals surface area contributed by atoms with Crippen molar-refractivity contribution in [2.75, 3.05) is 26.8 Å². The number of methoxy groups -OCH3 is 1. The average molecular weight is 412 g/mol. The molecule has 1 aromatic rings. The summed E-state index contributed by atoms with van der Waals surface area (Å²) in [6, 6.07) is 7.27. The van der Waals surface area contributed by atoms with Crippen LogP contribution in [0.3, 0.4) is 0 Å². The Balaban J connectivity index is 1.56. The Bertz CT molecular complexity index is 881. The summed E-state index contributed by atoms with van der Waals surface area (Å²) in [5.41, 5.74) is 1.86. The Labute approximate surface area is 177 Å². The molecule has 1 fully saturated rings. The van der Waals surface area contributed by atoms with Crippen LogP contribution in [0.2, 0.25) is 0 Å². The molecule has 2 aliphatic carbocycles. The molecule has 0 aromatic heterocycles. The zero-order valence-electron chi connectivity index (χ0n) is 17.5. The van der Waals surface area contributed by atoms with Gasteiger partial charge in [-0.2, -0.15) is 0 Å². The second-order valence-electron chi connectivity index (χ2n) is 8.22. The second kappa shape index (κ2) is 8.60. The first-order valence-electron chi connectivity index (χ1n) is 10.8. The number of aryl methyl sites for hydroxylation is 1. The van der Waals surface area contributed by atoms with Crippen LogP contribution in [0.15, 0.2) is 36.0 Å². The standard InChI is InChI=1S/C23H29N3O4/c1-30-15-14-25(18-10-3-2-4-11-18)20(27)16-26-21(28)23(24-22(26)29)13-7-9-17-8-5-6-12-19(17)23/h5-6,8,10,12H,2-4,7,9,11,13-16H2,1H3,(H,24,29). The number of hydrogen-bond donors (Lipinski definition) is 1. The van der Waals surface area contributed by atoms with Gasteiger partial charge in [-0.1, -0.05) is 30.3 Å². The molecule has 0 radical (unpaired) electrons. The van der Waals surface area contributed by atoms with Crippen LogP contribution in [0.4, 0.5) is 4.79 Å². The summed E-state index contributed by atoms with van der Waals surface area (Å²) in [5.74, 6) is -0.567. The van der Waals surface area contributed by atoms with Gasteiger partial charge in [-0.15, -0.1) is 0 Å². The third-order valence-corrected chi connectivity index (χ3v) is 6.38. The van der Waals surface area contributed by atoms with Gasteiger partial charge in [-0.3, -0.25) is 14.5 Å². The fourth-order valence-corrected chi connectivity index (χ4v) is 4.85. The Morgan fingerprint density at radius 3 is 2.80 bits per heavy atom. The molecule has 1 atom stereocenters. The molecule has 4 amide bonds. The molecule has 3 aliphatic rings. The van der Waals surface area contributed by atoms with E-state index in [1.165, 1.54) is 0 Å². The average Bonchev–Trinajstić information content (AvgIpc) is 3.00. The summed E-state index contributed by atoms with van der Waals surface area (Å²) in [7, 11) is 1.60. The van der Waals surface area contributed by atoms with Gasteiger partial charge < -0.3 is 15.0 Å². The zero-order valence-corrected chi connectivity index (χ0v) is 17.5. The molecule has 4 rings (SSSR count). The number of nitrogens with zero attached hydrogens (tertiary/aromatic N) is 2. The van der Waals surface area contributed by atoms with Gasteiger partial charge in [0.15, 0.2) is 0 Å². The third-order valence-electron chi connectivity index (χ3n) is 6.38. The van der Waals surface area contributed by atoms with E-state index in [1.807, 2.05) is 24.3 Å². The van der Waals surface area contributed by atoms with E-state index < -0.39 is 11.6 Å². The van der Waals surface area contributed by atoms with Crippen molar-refractivity contribution in [2.45, 2.75) is 50.5 Å². The molecular weight excluding hydrogens is 382 g/mol. The SMILES string of the molecule is COCCN(C(=O)CN1C(=O)NC2(CCCc3ccccc32)C1=O)C1=CCCCC1. The highest BCUT2D eigenvalue weighted by Crippen LogP contribution is 2.39. The minimum atomic E-state index is -1.05. The molecule has 1 spiro atoms. The van der Waals surface area contributed by atoms with Crippen molar-refractivity contribution in [1.29, 1.82) is 0 Å². The van der Waals surface area contributed by atoms with Crippen molar-refractivity contribution in [2.24, 2.45) is 0 Å². The van der Waals surface area contributed by atoms with E-state index in [4.69, 9.17) is 4.74 Å². The monoisotopic (exact) mass is 411 g/mol. The molecule has 1 N–H and O–H groups in total. The molecule has 0 bridgehead atoms. The smallest absolute Gasteiger partial charge is 0.325 e. The van der Waals surface area contributed by atoms with Crippen LogP contribution in [0.1, 0.15) is 49.7 Å². The largest absolute Gasteiger partial charge is 0.383 e. The van der Waals surface area contributed by atoms with Gasteiger partial charge in [0, 0.05) is 19.4 Å². The number of allylic oxidation sites excluding steroid dienone is 2. The first-order chi connectivity index (χ1) is 14.6. The van der Waals surface area contributed by atoms with Gasteiger partial charge in [0.05, 0.1) is 6.61 Å². The number of fused-ring (bicyclic) bond motifs is 2. The van der Waals surface area contributed by atoms with Crippen LogP contribution in [0.25, 0.3) is 0 Å². The van der Waals surface area contributed by atoms with Crippen LogP contribution >= 0.6 is 0 Å². The van der Waals surface area contributed by atoms with Gasteiger partial charge in [0.2, 0.25) is 5.91 Å². The maximum absolute atomic E-state index is 13.4. The highest BCUT2D eigenvalue weighted by molar-refractivity contribution is 6.09. The van der Waals surface area contributed by atoms with Gasteiger partial charge in [-0.05, 0) is 56.1 Å². The Hall–Kier alpha value is -2.67. The second-order valence-corrected chi connectivity index (χ2v) is 8.22. The number of nitrogens with one attached hydrogen (secondary N) is 1. The van der Waals surface area contributed by atoms with Crippen molar-refractivity contribution in [3.8, 4) is 0 Å². The van der Waals surface area contributed by atoms with Crippen LogP contribution in [-0.2, 0) is 26.3 Å². The molecule has 1 saturated heterocycles. The summed E-state index contributed by atoms with van der Waals surface area (Å²) < 4.78 is 5.17. The van der Waals surface area contributed by atoms with Crippen molar-refractivity contribution < 1.29 is 19.1 Å². The minimum Gasteiger partial charge on any atom is -0.383 e. The molecule has 1 unspecified atom stereocenters. The number of hydrogen-bond acceptors (Lipinski definition) is 4. The first-order valence-corrected chi connectivity index (χ1v) is 10.8. The number of benzene rings is 1. The molecule has 0 saturated carbocycles. The molecule has 1 aromatic carbocycles. The van der Waals surface area contributed by atoms with E-state index in [-0.39, 0.29) is 18.4 Å². The number of carbonyl (C=O) groups excluding carboxylic acids is 3. The van der Waals surface area contributed by atoms with Gasteiger partial charge in [0.25, 0.3) is 5.91 Å². The molecular formula is C23H29N3O4. The van der Waals surface area contributed by atoms with E-state index in [0.717, 1.165) is 60.2 Å². The van der Waals surface area contributed by atoms with Crippen molar-refractivity contribution >= 4 is 17.8 Å². The van der Waals surface area contributed by atoms with Gasteiger partial charge in [-0.25, -0.2) is 4.79 Å². The fraction of sp³-hybridized carbons (Fsp3) is 0.522. The summed E-state index contributed by atoms with van der Waals surface area (Å²) in [4.78, 5) is 42.2. The minimum absolute atomic E-state index is 0.246. The number of urea groups is 1. The molecule has 160 valence electrons. The summed E-state index contributed by atoms with van der Waals surface area (Å²) in [6.45, 7) is 0.564. The van der Waals surface area contributed by atoms with Crippen molar-refractivity contribution in [1.82, 2.24) is 15.1 Å². The Kier molecular flexibility index (Phi) is 5.90. The number of rotatable bonds is 6. The molecule has 7 nitrogen and oxygen atoms in total. The number of amides is 4. The van der Waals surface area contributed by atoms with Crippen LogP contribution in [-0.4, -0.2) is 54.5 Å². The normalized spacial score (nSPS) is 23.2. The summed E-state index contributed by atoms with van der Waals surface area (Å²) in [5, 5.41) is 2.92. The van der Waals surface area contributed by atoms with Crippen LogP contribution in [0.5, 0.6) is 0 Å². The fourth-order valence-electron chi connectivity index (χ4n) is 4.85. The van der Waals surface area contributed by atoms with Gasteiger partial charge >= 0.3 is 6.03 Å². The zero-order chi connectivity index (χ0) is 21.1. The van der Waals surface area contributed by atoms with E-state index in [9.17, 15) is 14.4 Å².